The summed E-state index contributed by atoms with van der Waals surface area (Å²) in [5.74, 6) is -0.865. The number of aromatic nitrogens is 1. The first kappa shape index (κ1) is 12.4. The van der Waals surface area contributed by atoms with Gasteiger partial charge in [0.15, 0.2) is 6.10 Å². The van der Waals surface area contributed by atoms with Gasteiger partial charge in [0.1, 0.15) is 5.69 Å². The molecule has 0 bridgehead atoms. The molecule has 1 atom stereocenters. The van der Waals surface area contributed by atoms with E-state index < -0.39 is 23.9 Å². The number of hydrogen-bond donors (Lipinski definition) is 1. The van der Waals surface area contributed by atoms with Gasteiger partial charge < -0.3 is 9.84 Å². The molecule has 1 aromatic heterocycles. The summed E-state index contributed by atoms with van der Waals surface area (Å²) < 4.78 is 40.7. The molecule has 1 N–H and O–H groups in total. The monoisotopic (exact) mass is 235 g/mol. The molecule has 0 aliphatic heterocycles. The molecular formula is C9H8F3NO3. The van der Waals surface area contributed by atoms with Crippen LogP contribution in [0.15, 0.2) is 18.2 Å². The topological polar surface area (TPSA) is 59.4 Å². The highest BCUT2D eigenvalue weighted by molar-refractivity contribution is 5.87. The summed E-state index contributed by atoms with van der Waals surface area (Å²) in [6.45, 7) is 0. The first-order valence-corrected chi connectivity index (χ1v) is 4.16. The summed E-state index contributed by atoms with van der Waals surface area (Å²) >= 11 is 0. The fourth-order valence-corrected chi connectivity index (χ4v) is 0.990. The standard InChI is InChI=1S/C9H8F3NO3/c1-16-8(15)6-4-2-3-5(13-6)7(14)9(10,11)12/h2-4,7,14H,1H3. The molecule has 0 fully saturated rings. The number of ether oxygens (including phenoxy) is 1. The number of hydrogen-bond acceptors (Lipinski definition) is 4. The smallest absolute Gasteiger partial charge is 0.420 e. The van der Waals surface area contributed by atoms with Crippen LogP contribution >= 0.6 is 0 Å². The zero-order valence-corrected chi connectivity index (χ0v) is 8.15. The predicted molar refractivity (Wildman–Crippen MR) is 46.6 cm³/mol. The molecule has 0 amide bonds. The first-order valence-electron chi connectivity index (χ1n) is 4.16. The molecule has 1 aromatic rings. The normalized spacial score (nSPS) is 13.3. The Balaban J connectivity index is 3.03. The summed E-state index contributed by atoms with van der Waals surface area (Å²) in [6, 6.07) is 3.35. The van der Waals surface area contributed by atoms with Gasteiger partial charge in [-0.05, 0) is 12.1 Å². The Morgan fingerprint density at radius 1 is 1.50 bits per heavy atom. The molecule has 1 unspecified atom stereocenters. The SMILES string of the molecule is COC(=O)c1cccc(C(O)C(F)(F)F)n1. The van der Waals surface area contributed by atoms with Crippen LogP contribution < -0.4 is 0 Å². The average Bonchev–Trinajstić information content (AvgIpc) is 2.26. The van der Waals surface area contributed by atoms with Crippen molar-refractivity contribution in [1.82, 2.24) is 4.98 Å². The largest absolute Gasteiger partial charge is 0.464 e. The minimum Gasteiger partial charge on any atom is -0.464 e. The van der Waals surface area contributed by atoms with E-state index in [0.29, 0.717) is 0 Å². The van der Waals surface area contributed by atoms with Gasteiger partial charge in [0, 0.05) is 0 Å². The summed E-state index contributed by atoms with van der Waals surface area (Å²) in [7, 11) is 1.08. The molecule has 0 saturated heterocycles. The average molecular weight is 235 g/mol. The number of carbonyl (C=O) groups excluding carboxylic acids is 1. The number of aliphatic hydroxyl groups excluding tert-OH is 1. The molecule has 0 spiro atoms. The summed E-state index contributed by atoms with van der Waals surface area (Å²) in [5.41, 5.74) is -0.932. The molecule has 16 heavy (non-hydrogen) atoms. The second-order valence-electron chi connectivity index (χ2n) is 2.88. The summed E-state index contributed by atoms with van der Waals surface area (Å²) in [6.07, 6.45) is -7.53. The maximum absolute atomic E-state index is 12.1. The first-order chi connectivity index (χ1) is 7.36. The Kier molecular flexibility index (Phi) is 3.48. The number of methoxy groups -OCH3 is 1. The molecule has 1 heterocycles. The number of alkyl halides is 3. The van der Waals surface area contributed by atoms with Gasteiger partial charge in [-0.3, -0.25) is 0 Å². The third-order valence-corrected chi connectivity index (χ3v) is 1.76. The van der Waals surface area contributed by atoms with Crippen molar-refractivity contribution in [3.8, 4) is 0 Å². The van der Waals surface area contributed by atoms with Crippen LogP contribution in [-0.2, 0) is 4.74 Å². The number of rotatable bonds is 2. The molecule has 7 heteroatoms. The van der Waals surface area contributed by atoms with E-state index in [0.717, 1.165) is 13.2 Å². The third kappa shape index (κ3) is 2.69. The Bertz CT molecular complexity index is 392. The minimum atomic E-state index is -4.82. The highest BCUT2D eigenvalue weighted by Gasteiger charge is 2.40. The maximum atomic E-state index is 12.1. The Morgan fingerprint density at radius 2 is 2.12 bits per heavy atom. The van der Waals surface area contributed by atoms with Gasteiger partial charge in [-0.25, -0.2) is 9.78 Å². The lowest BCUT2D eigenvalue weighted by Gasteiger charge is -2.14. The predicted octanol–water partition coefficient (Wildman–Crippen LogP) is 1.46. The fraction of sp³-hybridized carbons (Fsp3) is 0.333. The van der Waals surface area contributed by atoms with Crippen molar-refractivity contribution >= 4 is 5.97 Å². The number of nitrogens with zero attached hydrogens (tertiary/aromatic N) is 1. The Labute approximate surface area is 88.7 Å². The second-order valence-corrected chi connectivity index (χ2v) is 2.88. The van der Waals surface area contributed by atoms with Crippen molar-refractivity contribution < 1.29 is 27.8 Å². The van der Waals surface area contributed by atoms with E-state index in [4.69, 9.17) is 5.11 Å². The van der Waals surface area contributed by atoms with Crippen LogP contribution in [0.2, 0.25) is 0 Å². The van der Waals surface area contributed by atoms with E-state index in [1.807, 2.05) is 0 Å². The van der Waals surface area contributed by atoms with Gasteiger partial charge in [0.05, 0.1) is 12.8 Å². The van der Waals surface area contributed by atoms with Gasteiger partial charge in [0.2, 0.25) is 0 Å². The van der Waals surface area contributed by atoms with Crippen LogP contribution in [0.4, 0.5) is 13.2 Å². The van der Waals surface area contributed by atoms with Crippen molar-refractivity contribution in [2.45, 2.75) is 12.3 Å². The number of esters is 1. The molecule has 0 radical (unpaired) electrons. The number of carbonyl (C=O) groups is 1. The number of aliphatic hydroxyl groups is 1. The van der Waals surface area contributed by atoms with Gasteiger partial charge in [0.25, 0.3) is 0 Å². The van der Waals surface area contributed by atoms with Crippen LogP contribution in [0, 0.1) is 0 Å². The summed E-state index contributed by atoms with van der Waals surface area (Å²) in [5, 5.41) is 8.90. The molecule has 0 aromatic carbocycles. The third-order valence-electron chi connectivity index (χ3n) is 1.76. The van der Waals surface area contributed by atoms with Crippen LogP contribution in [-0.4, -0.2) is 29.3 Å². The highest BCUT2D eigenvalue weighted by atomic mass is 19.4. The lowest BCUT2D eigenvalue weighted by Crippen LogP contribution is -2.22. The van der Waals surface area contributed by atoms with Crippen molar-refractivity contribution in [2.24, 2.45) is 0 Å². The molecule has 88 valence electrons. The maximum Gasteiger partial charge on any atom is 0.420 e. The zero-order valence-electron chi connectivity index (χ0n) is 8.15. The highest BCUT2D eigenvalue weighted by Crippen LogP contribution is 2.31. The molecule has 0 saturated carbocycles. The Morgan fingerprint density at radius 3 is 2.62 bits per heavy atom. The Hall–Kier alpha value is -1.63. The van der Waals surface area contributed by atoms with Gasteiger partial charge in [-0.15, -0.1) is 0 Å². The van der Waals surface area contributed by atoms with Crippen molar-refractivity contribution in [1.29, 1.82) is 0 Å². The zero-order chi connectivity index (χ0) is 12.3. The van der Waals surface area contributed by atoms with Crippen LogP contribution in [0.3, 0.4) is 0 Å². The molecule has 1 rings (SSSR count). The number of halogens is 3. The lowest BCUT2D eigenvalue weighted by molar-refractivity contribution is -0.208. The van der Waals surface area contributed by atoms with Crippen molar-refractivity contribution in [3.63, 3.8) is 0 Å². The van der Waals surface area contributed by atoms with Gasteiger partial charge in [-0.1, -0.05) is 6.07 Å². The van der Waals surface area contributed by atoms with Crippen molar-refractivity contribution in [3.05, 3.63) is 29.6 Å². The van der Waals surface area contributed by atoms with E-state index in [1.165, 1.54) is 12.1 Å². The minimum absolute atomic E-state index is 0.289. The van der Waals surface area contributed by atoms with Gasteiger partial charge >= 0.3 is 12.1 Å². The van der Waals surface area contributed by atoms with E-state index in [2.05, 4.69) is 9.72 Å². The van der Waals surface area contributed by atoms with Crippen LogP contribution in [0.1, 0.15) is 22.3 Å². The van der Waals surface area contributed by atoms with E-state index in [9.17, 15) is 18.0 Å². The quantitative estimate of drug-likeness (QED) is 0.788. The second kappa shape index (κ2) is 4.48. The van der Waals surface area contributed by atoms with E-state index in [-0.39, 0.29) is 5.69 Å². The number of pyridine rings is 1. The lowest BCUT2D eigenvalue weighted by atomic mass is 10.2. The van der Waals surface area contributed by atoms with Gasteiger partial charge in [-0.2, -0.15) is 13.2 Å². The molecular weight excluding hydrogens is 227 g/mol. The van der Waals surface area contributed by atoms with Crippen LogP contribution in [0.25, 0.3) is 0 Å². The van der Waals surface area contributed by atoms with Crippen LogP contribution in [0.5, 0.6) is 0 Å². The van der Waals surface area contributed by atoms with E-state index in [1.54, 1.807) is 0 Å². The molecule has 4 nitrogen and oxygen atoms in total. The molecule has 0 aliphatic carbocycles. The van der Waals surface area contributed by atoms with E-state index >= 15 is 0 Å². The fourth-order valence-electron chi connectivity index (χ4n) is 0.990. The molecule has 0 aliphatic rings. The summed E-state index contributed by atoms with van der Waals surface area (Å²) in [4.78, 5) is 14.4. The van der Waals surface area contributed by atoms with Crippen molar-refractivity contribution in [2.75, 3.05) is 7.11 Å².